The molecular weight excluding hydrogens is 259 g/mol. The van der Waals surface area contributed by atoms with E-state index in [4.69, 9.17) is 0 Å². The average molecular weight is 275 g/mol. The van der Waals surface area contributed by atoms with Crippen LogP contribution in [0.5, 0.6) is 0 Å². The number of alkyl halides is 3. The highest BCUT2D eigenvalue weighted by Gasteiger charge is 2.41. The molecule has 2 rings (SSSR count). The Morgan fingerprint density at radius 2 is 1.72 bits per heavy atom. The second-order valence-electron chi connectivity index (χ2n) is 4.44. The van der Waals surface area contributed by atoms with Gasteiger partial charge < -0.3 is 0 Å². The van der Waals surface area contributed by atoms with E-state index in [2.05, 4.69) is 5.32 Å². The molecule has 100 valence electrons. The SMILES string of the molecule is FC(F)(F)C(NC1CCSCC1)c1ccccc1. The summed E-state index contributed by atoms with van der Waals surface area (Å²) in [7, 11) is 0. The van der Waals surface area contributed by atoms with Gasteiger partial charge in [0.2, 0.25) is 0 Å². The molecule has 0 spiro atoms. The van der Waals surface area contributed by atoms with Crippen molar-refractivity contribution in [2.75, 3.05) is 11.5 Å². The van der Waals surface area contributed by atoms with Gasteiger partial charge in [-0.3, -0.25) is 5.32 Å². The van der Waals surface area contributed by atoms with Crippen LogP contribution in [0, 0.1) is 0 Å². The van der Waals surface area contributed by atoms with Gasteiger partial charge in [-0.1, -0.05) is 30.3 Å². The molecule has 0 saturated carbocycles. The summed E-state index contributed by atoms with van der Waals surface area (Å²) in [4.78, 5) is 0. The highest BCUT2D eigenvalue weighted by molar-refractivity contribution is 7.99. The normalized spacial score (nSPS) is 19.7. The van der Waals surface area contributed by atoms with Crippen LogP contribution in [0.1, 0.15) is 24.4 Å². The molecule has 1 saturated heterocycles. The number of nitrogens with one attached hydrogen (secondary N) is 1. The molecule has 0 aliphatic carbocycles. The summed E-state index contributed by atoms with van der Waals surface area (Å²) >= 11 is 1.81. The van der Waals surface area contributed by atoms with Crippen LogP contribution < -0.4 is 5.32 Å². The van der Waals surface area contributed by atoms with Crippen molar-refractivity contribution < 1.29 is 13.2 Å². The van der Waals surface area contributed by atoms with Gasteiger partial charge in [0.05, 0.1) is 0 Å². The molecule has 18 heavy (non-hydrogen) atoms. The van der Waals surface area contributed by atoms with Crippen molar-refractivity contribution in [2.24, 2.45) is 0 Å². The van der Waals surface area contributed by atoms with Crippen LogP contribution in [0.2, 0.25) is 0 Å². The minimum Gasteiger partial charge on any atom is -0.300 e. The molecule has 0 bridgehead atoms. The molecule has 1 atom stereocenters. The summed E-state index contributed by atoms with van der Waals surface area (Å²) in [5, 5.41) is 2.77. The first-order valence-electron chi connectivity index (χ1n) is 6.03. The molecule has 5 heteroatoms. The van der Waals surface area contributed by atoms with Crippen molar-refractivity contribution >= 4 is 11.8 Å². The van der Waals surface area contributed by atoms with E-state index in [0.717, 1.165) is 24.3 Å². The number of hydrogen-bond donors (Lipinski definition) is 1. The van der Waals surface area contributed by atoms with E-state index in [1.54, 1.807) is 18.2 Å². The molecule has 1 aromatic rings. The fourth-order valence-corrected chi connectivity index (χ4v) is 3.23. The number of thioether (sulfide) groups is 1. The van der Waals surface area contributed by atoms with E-state index in [9.17, 15) is 13.2 Å². The monoisotopic (exact) mass is 275 g/mol. The fraction of sp³-hybridized carbons (Fsp3) is 0.538. The molecule has 1 aliphatic rings. The molecule has 1 aliphatic heterocycles. The van der Waals surface area contributed by atoms with Crippen molar-refractivity contribution in [3.05, 3.63) is 35.9 Å². The third-order valence-corrected chi connectivity index (χ3v) is 4.13. The highest BCUT2D eigenvalue weighted by Crippen LogP contribution is 2.34. The molecule has 1 N–H and O–H groups in total. The van der Waals surface area contributed by atoms with Gasteiger partial charge in [-0.15, -0.1) is 0 Å². The molecular formula is C13H16F3NS. The molecule has 1 fully saturated rings. The Bertz CT molecular complexity index is 360. The van der Waals surface area contributed by atoms with Crippen molar-refractivity contribution in [3.63, 3.8) is 0 Å². The summed E-state index contributed by atoms with van der Waals surface area (Å²) in [6, 6.07) is 6.50. The lowest BCUT2D eigenvalue weighted by Crippen LogP contribution is -2.42. The summed E-state index contributed by atoms with van der Waals surface area (Å²) < 4.78 is 39.3. The predicted molar refractivity (Wildman–Crippen MR) is 68.7 cm³/mol. The summed E-state index contributed by atoms with van der Waals surface area (Å²) in [5.74, 6) is 1.88. The van der Waals surface area contributed by atoms with E-state index in [1.165, 1.54) is 12.1 Å². The van der Waals surface area contributed by atoms with Gasteiger partial charge in [-0.25, -0.2) is 0 Å². The van der Waals surface area contributed by atoms with Crippen molar-refractivity contribution in [3.8, 4) is 0 Å². The number of rotatable bonds is 3. The lowest BCUT2D eigenvalue weighted by Gasteiger charge is -2.29. The zero-order valence-electron chi connectivity index (χ0n) is 9.91. The van der Waals surface area contributed by atoms with Crippen LogP contribution in [-0.4, -0.2) is 23.7 Å². The van der Waals surface area contributed by atoms with Crippen molar-refractivity contribution in [1.82, 2.24) is 5.32 Å². The molecule has 1 nitrogen and oxygen atoms in total. The maximum Gasteiger partial charge on any atom is 0.407 e. The maximum absolute atomic E-state index is 13.1. The quantitative estimate of drug-likeness (QED) is 0.901. The van der Waals surface area contributed by atoms with Crippen molar-refractivity contribution in [1.29, 1.82) is 0 Å². The Balaban J connectivity index is 2.11. The van der Waals surface area contributed by atoms with E-state index in [-0.39, 0.29) is 6.04 Å². The van der Waals surface area contributed by atoms with E-state index in [1.807, 2.05) is 11.8 Å². The minimum atomic E-state index is -4.24. The first-order valence-corrected chi connectivity index (χ1v) is 7.18. The van der Waals surface area contributed by atoms with E-state index in [0.29, 0.717) is 5.56 Å². The largest absolute Gasteiger partial charge is 0.407 e. The van der Waals surface area contributed by atoms with Gasteiger partial charge in [0.1, 0.15) is 6.04 Å². The van der Waals surface area contributed by atoms with Crippen LogP contribution >= 0.6 is 11.8 Å². The number of halogens is 3. The van der Waals surface area contributed by atoms with Gasteiger partial charge >= 0.3 is 6.18 Å². The van der Waals surface area contributed by atoms with E-state index < -0.39 is 12.2 Å². The zero-order valence-corrected chi connectivity index (χ0v) is 10.7. The first-order chi connectivity index (χ1) is 8.57. The van der Waals surface area contributed by atoms with Gasteiger partial charge in [0.25, 0.3) is 0 Å². The minimum absolute atomic E-state index is 0.0296. The van der Waals surface area contributed by atoms with Crippen LogP contribution in [0.4, 0.5) is 13.2 Å². The summed E-state index contributed by atoms with van der Waals surface area (Å²) in [6.45, 7) is 0. The Kier molecular flexibility index (Phi) is 4.56. The van der Waals surface area contributed by atoms with Gasteiger partial charge in [0.15, 0.2) is 0 Å². The topological polar surface area (TPSA) is 12.0 Å². The first kappa shape index (κ1) is 13.7. The Hall–Kier alpha value is -0.680. The Morgan fingerprint density at radius 3 is 2.28 bits per heavy atom. The zero-order chi connectivity index (χ0) is 13.0. The maximum atomic E-state index is 13.1. The summed E-state index contributed by atoms with van der Waals surface area (Å²) in [6.07, 6.45) is -2.62. The molecule has 0 aromatic heterocycles. The third kappa shape index (κ3) is 3.65. The molecule has 1 unspecified atom stereocenters. The predicted octanol–water partition coefficient (Wildman–Crippen LogP) is 3.78. The number of hydrogen-bond acceptors (Lipinski definition) is 2. The van der Waals surface area contributed by atoms with E-state index >= 15 is 0 Å². The molecule has 0 radical (unpaired) electrons. The van der Waals surface area contributed by atoms with Gasteiger partial charge in [-0.2, -0.15) is 24.9 Å². The smallest absolute Gasteiger partial charge is 0.300 e. The highest BCUT2D eigenvalue weighted by atomic mass is 32.2. The van der Waals surface area contributed by atoms with Crippen LogP contribution in [0.25, 0.3) is 0 Å². The lowest BCUT2D eigenvalue weighted by molar-refractivity contribution is -0.159. The Morgan fingerprint density at radius 1 is 1.11 bits per heavy atom. The average Bonchev–Trinajstić information content (AvgIpc) is 2.37. The second-order valence-corrected chi connectivity index (χ2v) is 5.66. The van der Waals surface area contributed by atoms with Crippen LogP contribution in [0.15, 0.2) is 30.3 Å². The lowest BCUT2D eigenvalue weighted by atomic mass is 10.0. The molecule has 1 heterocycles. The van der Waals surface area contributed by atoms with Crippen LogP contribution in [-0.2, 0) is 0 Å². The van der Waals surface area contributed by atoms with Crippen LogP contribution in [0.3, 0.4) is 0 Å². The standard InChI is InChI=1S/C13H16F3NS/c14-13(15,16)12(10-4-2-1-3-5-10)17-11-6-8-18-9-7-11/h1-5,11-12,17H,6-9H2. The van der Waals surface area contributed by atoms with Gasteiger partial charge in [-0.05, 0) is 29.9 Å². The Labute approximate surface area is 109 Å². The third-order valence-electron chi connectivity index (χ3n) is 3.08. The van der Waals surface area contributed by atoms with Crippen molar-refractivity contribution in [2.45, 2.75) is 31.1 Å². The summed E-state index contributed by atoms with van der Waals surface area (Å²) in [5.41, 5.74) is 0.295. The number of benzene rings is 1. The molecule has 1 aromatic carbocycles. The second kappa shape index (κ2) is 5.97. The molecule has 0 amide bonds. The fourth-order valence-electron chi connectivity index (χ4n) is 2.13. The van der Waals surface area contributed by atoms with Gasteiger partial charge in [0, 0.05) is 6.04 Å².